The Morgan fingerprint density at radius 3 is 2.63 bits per heavy atom. The fraction of sp³-hybridized carbons (Fsp3) is 0.846. The molecule has 1 fully saturated rings. The molecule has 0 radical (unpaired) electrons. The lowest BCUT2D eigenvalue weighted by Gasteiger charge is -2.21. The zero-order valence-electron chi connectivity index (χ0n) is 12.1. The number of carbonyl (C=O) groups is 1. The number of methoxy groups -OCH3 is 1. The number of carbonyl (C=O) groups excluding carboxylic acids is 1. The van der Waals surface area contributed by atoms with Crippen LogP contribution in [0.4, 0.5) is 0 Å². The topological polar surface area (TPSA) is 66.4 Å². The summed E-state index contributed by atoms with van der Waals surface area (Å²) in [6.45, 7) is 6.39. The van der Waals surface area contributed by atoms with Crippen LogP contribution in [-0.2, 0) is 23.8 Å². The zero-order chi connectivity index (χ0) is 14.3. The van der Waals surface area contributed by atoms with E-state index in [4.69, 9.17) is 14.3 Å². The van der Waals surface area contributed by atoms with E-state index in [9.17, 15) is 4.79 Å². The van der Waals surface area contributed by atoms with Crippen molar-refractivity contribution in [1.29, 1.82) is 0 Å². The van der Waals surface area contributed by atoms with Crippen LogP contribution in [0.1, 0.15) is 40.0 Å². The Hall–Kier alpha value is -1.14. The molecule has 19 heavy (non-hydrogen) atoms. The predicted molar refractivity (Wildman–Crippen MR) is 69.8 cm³/mol. The molecule has 1 unspecified atom stereocenters. The number of nitrogens with zero attached hydrogens (tertiary/aromatic N) is 1. The van der Waals surface area contributed by atoms with Gasteiger partial charge in [0.1, 0.15) is 6.61 Å². The van der Waals surface area contributed by atoms with E-state index in [2.05, 4.69) is 9.89 Å². The van der Waals surface area contributed by atoms with Crippen LogP contribution in [0.15, 0.2) is 5.16 Å². The lowest BCUT2D eigenvalue weighted by molar-refractivity contribution is -0.163. The molecule has 0 saturated carbocycles. The molecule has 0 amide bonds. The molecule has 0 aromatic carbocycles. The van der Waals surface area contributed by atoms with Crippen molar-refractivity contribution >= 4 is 11.7 Å². The lowest BCUT2D eigenvalue weighted by Crippen LogP contribution is -2.29. The van der Waals surface area contributed by atoms with Gasteiger partial charge in [-0.15, -0.1) is 0 Å². The summed E-state index contributed by atoms with van der Waals surface area (Å²) in [6.07, 6.45) is 2.45. The summed E-state index contributed by atoms with van der Waals surface area (Å²) >= 11 is 0. The van der Waals surface area contributed by atoms with Crippen molar-refractivity contribution in [2.45, 2.75) is 51.9 Å². The van der Waals surface area contributed by atoms with Gasteiger partial charge in [-0.2, -0.15) is 0 Å². The summed E-state index contributed by atoms with van der Waals surface area (Å²) in [5.41, 5.74) is -0.262. The molecule has 1 rings (SSSR count). The molecule has 0 bridgehead atoms. The first-order valence-electron chi connectivity index (χ1n) is 6.49. The maximum atomic E-state index is 11.5. The third-order valence-corrected chi connectivity index (χ3v) is 2.48. The third-order valence-electron chi connectivity index (χ3n) is 2.48. The summed E-state index contributed by atoms with van der Waals surface area (Å²) < 4.78 is 15.5. The summed E-state index contributed by atoms with van der Waals surface area (Å²) in [5.74, 6) is -0.556. The number of rotatable bonds is 5. The van der Waals surface area contributed by atoms with Crippen molar-refractivity contribution in [2.24, 2.45) is 5.16 Å². The smallest absolute Gasteiger partial charge is 0.358 e. The molecule has 0 aliphatic carbocycles. The first-order valence-corrected chi connectivity index (χ1v) is 6.49. The maximum Gasteiger partial charge on any atom is 0.358 e. The van der Waals surface area contributed by atoms with Gasteiger partial charge in [-0.25, -0.2) is 4.79 Å². The average molecular weight is 273 g/mol. The number of esters is 1. The van der Waals surface area contributed by atoms with E-state index in [0.29, 0.717) is 6.61 Å². The van der Waals surface area contributed by atoms with E-state index in [-0.39, 0.29) is 24.2 Å². The van der Waals surface area contributed by atoms with Gasteiger partial charge in [-0.3, -0.25) is 0 Å². The molecule has 110 valence electrons. The molecule has 1 aliphatic heterocycles. The van der Waals surface area contributed by atoms with E-state index < -0.39 is 5.97 Å². The SMILES string of the molecule is COC(=O)/C(COC(C)(C)C)=N/OC1CCCCO1. The van der Waals surface area contributed by atoms with Gasteiger partial charge in [0.15, 0.2) is 5.71 Å². The number of hydrogen-bond acceptors (Lipinski definition) is 6. The second-order valence-electron chi connectivity index (χ2n) is 5.33. The Morgan fingerprint density at radius 1 is 1.37 bits per heavy atom. The first-order chi connectivity index (χ1) is 8.92. The highest BCUT2D eigenvalue weighted by Gasteiger charge is 2.20. The minimum absolute atomic E-state index is 0.0445. The molecule has 1 heterocycles. The monoisotopic (exact) mass is 273 g/mol. The summed E-state index contributed by atoms with van der Waals surface area (Å²) in [5, 5.41) is 3.81. The van der Waals surface area contributed by atoms with Gasteiger partial charge in [-0.1, -0.05) is 5.16 Å². The zero-order valence-corrected chi connectivity index (χ0v) is 12.1. The van der Waals surface area contributed by atoms with Gasteiger partial charge in [-0.05, 0) is 33.6 Å². The molecule has 1 aliphatic rings. The van der Waals surface area contributed by atoms with Gasteiger partial charge in [0, 0.05) is 6.42 Å². The van der Waals surface area contributed by atoms with Crippen LogP contribution in [0.2, 0.25) is 0 Å². The Morgan fingerprint density at radius 2 is 2.11 bits per heavy atom. The van der Waals surface area contributed by atoms with Crippen molar-refractivity contribution in [3.8, 4) is 0 Å². The molecule has 1 atom stereocenters. The van der Waals surface area contributed by atoms with Crippen molar-refractivity contribution in [3.63, 3.8) is 0 Å². The number of oxime groups is 1. The van der Waals surface area contributed by atoms with E-state index in [1.807, 2.05) is 20.8 Å². The highest BCUT2D eigenvalue weighted by Crippen LogP contribution is 2.14. The van der Waals surface area contributed by atoms with Gasteiger partial charge < -0.3 is 19.0 Å². The molecule has 6 nitrogen and oxygen atoms in total. The predicted octanol–water partition coefficient (Wildman–Crippen LogP) is 1.87. The maximum absolute atomic E-state index is 11.5. The summed E-state index contributed by atoms with van der Waals surface area (Å²) in [4.78, 5) is 16.8. The Bertz CT molecular complexity index is 315. The molecule has 0 spiro atoms. The first kappa shape index (κ1) is 15.9. The van der Waals surface area contributed by atoms with Gasteiger partial charge in [0.2, 0.25) is 6.29 Å². The van der Waals surface area contributed by atoms with Crippen molar-refractivity contribution in [3.05, 3.63) is 0 Å². The van der Waals surface area contributed by atoms with Crippen LogP contribution >= 0.6 is 0 Å². The fourth-order valence-corrected chi connectivity index (χ4v) is 1.44. The summed E-state index contributed by atoms with van der Waals surface area (Å²) in [6, 6.07) is 0. The van der Waals surface area contributed by atoms with Gasteiger partial charge >= 0.3 is 5.97 Å². The molecule has 0 N–H and O–H groups in total. The highest BCUT2D eigenvalue weighted by molar-refractivity contribution is 6.36. The normalized spacial score (nSPS) is 21.1. The quantitative estimate of drug-likeness (QED) is 0.434. The molecular formula is C13H23NO5. The van der Waals surface area contributed by atoms with E-state index >= 15 is 0 Å². The van der Waals surface area contributed by atoms with E-state index in [1.54, 1.807) is 0 Å². The van der Waals surface area contributed by atoms with Crippen LogP contribution in [0.5, 0.6) is 0 Å². The number of hydrogen-bond donors (Lipinski definition) is 0. The Labute approximate surface area is 114 Å². The summed E-state index contributed by atoms with van der Waals surface area (Å²) in [7, 11) is 1.30. The van der Waals surface area contributed by atoms with E-state index in [0.717, 1.165) is 19.3 Å². The second-order valence-corrected chi connectivity index (χ2v) is 5.33. The van der Waals surface area contributed by atoms with E-state index in [1.165, 1.54) is 7.11 Å². The molecule has 0 aromatic heterocycles. The van der Waals surface area contributed by atoms with Crippen LogP contribution in [0.25, 0.3) is 0 Å². The minimum Gasteiger partial charge on any atom is -0.464 e. The second kappa shape index (κ2) is 7.45. The van der Waals surface area contributed by atoms with Gasteiger partial charge in [0.25, 0.3) is 0 Å². The largest absolute Gasteiger partial charge is 0.464 e. The lowest BCUT2D eigenvalue weighted by atomic mass is 10.2. The highest BCUT2D eigenvalue weighted by atomic mass is 16.8. The molecule has 0 aromatic rings. The van der Waals surface area contributed by atoms with Crippen molar-refractivity contribution in [1.82, 2.24) is 0 Å². The van der Waals surface area contributed by atoms with Gasteiger partial charge in [0.05, 0.1) is 19.3 Å². The Kier molecular flexibility index (Phi) is 6.24. The number of ether oxygens (including phenoxy) is 3. The van der Waals surface area contributed by atoms with Crippen molar-refractivity contribution in [2.75, 3.05) is 20.3 Å². The fourth-order valence-electron chi connectivity index (χ4n) is 1.44. The molecular weight excluding hydrogens is 250 g/mol. The standard InChI is InChI=1S/C13H23NO5/c1-13(2,3)18-9-10(12(15)16-4)14-19-11-7-5-6-8-17-11/h11H,5-9H2,1-4H3/b14-10+. The van der Waals surface area contributed by atoms with Crippen LogP contribution in [0, 0.1) is 0 Å². The van der Waals surface area contributed by atoms with Crippen molar-refractivity contribution < 1.29 is 23.8 Å². The van der Waals surface area contributed by atoms with Crippen LogP contribution < -0.4 is 0 Å². The third kappa shape index (κ3) is 6.54. The molecule has 6 heteroatoms. The van der Waals surface area contributed by atoms with Crippen LogP contribution in [-0.4, -0.2) is 43.9 Å². The average Bonchev–Trinajstić information content (AvgIpc) is 2.38. The molecule has 1 saturated heterocycles. The van der Waals surface area contributed by atoms with Crippen LogP contribution in [0.3, 0.4) is 0 Å². The Balaban J connectivity index is 2.54. The minimum atomic E-state index is -0.556.